The molecule has 53 heavy (non-hydrogen) atoms. The number of allylic oxidation sites excluding steroid dienone is 1. The molecular formula is C44H33N9. The van der Waals surface area contributed by atoms with E-state index in [4.69, 9.17) is 29.9 Å². The fourth-order valence-electron chi connectivity index (χ4n) is 6.83. The number of benzene rings is 5. The van der Waals surface area contributed by atoms with E-state index in [0.717, 1.165) is 61.4 Å². The highest BCUT2D eigenvalue weighted by atomic mass is 15.3. The summed E-state index contributed by atoms with van der Waals surface area (Å²) in [6.45, 7) is 10.3. The lowest BCUT2D eigenvalue weighted by Gasteiger charge is -2.10. The highest BCUT2D eigenvalue weighted by molar-refractivity contribution is 5.90. The Morgan fingerprint density at radius 3 is 1.53 bits per heavy atom. The van der Waals surface area contributed by atoms with Crippen LogP contribution < -0.4 is 0 Å². The molecule has 9 nitrogen and oxygen atoms in total. The van der Waals surface area contributed by atoms with Crippen LogP contribution in [0.2, 0.25) is 0 Å². The Bertz CT molecular complexity index is 2760. The van der Waals surface area contributed by atoms with Crippen LogP contribution in [0.3, 0.4) is 0 Å². The summed E-state index contributed by atoms with van der Waals surface area (Å²) < 4.78 is 4.18. The van der Waals surface area contributed by atoms with Crippen molar-refractivity contribution in [3.05, 3.63) is 157 Å². The Morgan fingerprint density at radius 1 is 0.472 bits per heavy atom. The molecular weight excluding hydrogens is 655 g/mol. The van der Waals surface area contributed by atoms with Crippen molar-refractivity contribution >= 4 is 22.4 Å². The Morgan fingerprint density at radius 2 is 0.962 bits per heavy atom. The number of hydrogen-bond donors (Lipinski definition) is 0. The van der Waals surface area contributed by atoms with Crippen LogP contribution in [0.1, 0.15) is 24.1 Å². The summed E-state index contributed by atoms with van der Waals surface area (Å²) in [5, 5.41) is 0. The quantitative estimate of drug-likeness (QED) is 0.165. The van der Waals surface area contributed by atoms with Crippen LogP contribution in [0.5, 0.6) is 0 Å². The molecule has 0 radical (unpaired) electrons. The van der Waals surface area contributed by atoms with Gasteiger partial charge in [0.15, 0.2) is 23.3 Å². The van der Waals surface area contributed by atoms with Crippen LogP contribution >= 0.6 is 0 Å². The molecule has 0 spiro atoms. The molecule has 0 saturated heterocycles. The van der Waals surface area contributed by atoms with Crippen molar-refractivity contribution in [1.29, 1.82) is 0 Å². The van der Waals surface area contributed by atoms with Crippen LogP contribution in [-0.2, 0) is 0 Å². The van der Waals surface area contributed by atoms with Gasteiger partial charge in [-0.2, -0.15) is 9.97 Å². The summed E-state index contributed by atoms with van der Waals surface area (Å²) in [7, 11) is 0. The standard InChI is InChI=1S/C44H33N9/c1-27(2)38-28(3)45-44-52(38)37-26-34(33-21-14-22-35(25-33)42-47-29(4)46-39(48-42)30-15-8-5-9-16-30)23-24-36(37)53(44)43-50-40(31-17-10-6-11-18-31)49-41(51-43)32-19-12-7-13-20-32/h5-26H,1H2,2-4H3. The second-order valence-electron chi connectivity index (χ2n) is 13.0. The maximum atomic E-state index is 5.09. The third-order valence-electron chi connectivity index (χ3n) is 9.22. The molecule has 0 unspecified atom stereocenters. The second-order valence-corrected chi connectivity index (χ2v) is 13.0. The van der Waals surface area contributed by atoms with Gasteiger partial charge in [0, 0.05) is 22.3 Å². The van der Waals surface area contributed by atoms with Gasteiger partial charge in [-0.1, -0.05) is 122 Å². The van der Waals surface area contributed by atoms with Gasteiger partial charge >= 0.3 is 0 Å². The first-order chi connectivity index (χ1) is 25.9. The monoisotopic (exact) mass is 687 g/mol. The fourth-order valence-corrected chi connectivity index (χ4v) is 6.83. The molecule has 0 aliphatic heterocycles. The first kappa shape index (κ1) is 31.8. The van der Waals surface area contributed by atoms with Gasteiger partial charge in [0.1, 0.15) is 5.82 Å². The van der Waals surface area contributed by atoms with Gasteiger partial charge in [-0.15, -0.1) is 0 Å². The number of rotatable bonds is 7. The van der Waals surface area contributed by atoms with Crippen molar-refractivity contribution in [2.45, 2.75) is 20.8 Å². The highest BCUT2D eigenvalue weighted by Gasteiger charge is 2.23. The van der Waals surface area contributed by atoms with E-state index in [0.29, 0.717) is 40.8 Å². The van der Waals surface area contributed by atoms with E-state index in [1.165, 1.54) is 0 Å². The van der Waals surface area contributed by atoms with Crippen LogP contribution in [-0.4, -0.2) is 43.9 Å². The van der Waals surface area contributed by atoms with Gasteiger partial charge < -0.3 is 0 Å². The first-order valence-corrected chi connectivity index (χ1v) is 17.4. The molecule has 0 aliphatic rings. The predicted molar refractivity (Wildman–Crippen MR) is 210 cm³/mol. The molecule has 9 heteroatoms. The Labute approximate surface area is 306 Å². The number of aryl methyl sites for hydroxylation is 2. The number of fused-ring (bicyclic) bond motifs is 3. The molecule has 9 rings (SSSR count). The third kappa shape index (κ3) is 5.74. The van der Waals surface area contributed by atoms with E-state index in [1.807, 2.05) is 128 Å². The van der Waals surface area contributed by atoms with E-state index in [-0.39, 0.29) is 0 Å². The molecule has 4 heterocycles. The summed E-state index contributed by atoms with van der Waals surface area (Å²) >= 11 is 0. The molecule has 4 aromatic heterocycles. The number of nitrogens with zero attached hydrogens (tertiary/aromatic N) is 9. The van der Waals surface area contributed by atoms with Gasteiger partial charge in [-0.25, -0.2) is 29.5 Å². The summed E-state index contributed by atoms with van der Waals surface area (Å²) in [6.07, 6.45) is 0. The average Bonchev–Trinajstić information content (AvgIpc) is 3.70. The topological polar surface area (TPSA) is 99.6 Å². The number of imidazole rings is 2. The SMILES string of the molecule is C=C(C)c1c(C)nc2n(-c3nc(-c4ccccc4)nc(-c4ccccc4)n3)c3ccc(-c4cccc(-c5nc(C)nc(-c6ccccc6)n5)c4)cc3n12. The molecule has 254 valence electrons. The van der Waals surface area contributed by atoms with Gasteiger partial charge in [0.2, 0.25) is 11.7 Å². The minimum atomic E-state index is 0.477. The normalized spacial score (nSPS) is 11.4. The minimum Gasteiger partial charge on any atom is -0.276 e. The molecule has 0 bridgehead atoms. The lowest BCUT2D eigenvalue weighted by molar-refractivity contribution is 0.934. The van der Waals surface area contributed by atoms with E-state index in [1.54, 1.807) is 0 Å². The van der Waals surface area contributed by atoms with Crippen LogP contribution in [0.25, 0.3) is 85.0 Å². The summed E-state index contributed by atoms with van der Waals surface area (Å²) in [5.41, 5.74) is 10.3. The zero-order valence-corrected chi connectivity index (χ0v) is 29.4. The molecule has 0 atom stereocenters. The van der Waals surface area contributed by atoms with Crippen molar-refractivity contribution in [2.24, 2.45) is 0 Å². The third-order valence-corrected chi connectivity index (χ3v) is 9.22. The zero-order chi connectivity index (χ0) is 36.1. The van der Waals surface area contributed by atoms with Gasteiger partial charge in [0.05, 0.1) is 22.4 Å². The largest absolute Gasteiger partial charge is 0.276 e. The summed E-state index contributed by atoms with van der Waals surface area (Å²) in [4.78, 5) is 34.3. The fraction of sp³-hybridized carbons (Fsp3) is 0.0682. The van der Waals surface area contributed by atoms with Crippen molar-refractivity contribution in [3.8, 4) is 62.6 Å². The molecule has 0 N–H and O–H groups in total. The molecule has 0 aliphatic carbocycles. The Balaban J connectivity index is 1.23. The van der Waals surface area contributed by atoms with E-state index in [9.17, 15) is 0 Å². The molecule has 5 aromatic carbocycles. The highest BCUT2D eigenvalue weighted by Crippen LogP contribution is 2.34. The van der Waals surface area contributed by atoms with Crippen molar-refractivity contribution in [1.82, 2.24) is 43.9 Å². The van der Waals surface area contributed by atoms with Gasteiger partial charge in [-0.3, -0.25) is 4.40 Å². The predicted octanol–water partition coefficient (Wildman–Crippen LogP) is 9.63. The van der Waals surface area contributed by atoms with E-state index < -0.39 is 0 Å². The smallest absolute Gasteiger partial charge is 0.241 e. The average molecular weight is 688 g/mol. The van der Waals surface area contributed by atoms with Crippen LogP contribution in [0, 0.1) is 13.8 Å². The van der Waals surface area contributed by atoms with Gasteiger partial charge in [0.25, 0.3) is 0 Å². The lowest BCUT2D eigenvalue weighted by Crippen LogP contribution is -2.07. The van der Waals surface area contributed by atoms with Crippen molar-refractivity contribution < 1.29 is 0 Å². The van der Waals surface area contributed by atoms with Gasteiger partial charge in [-0.05, 0) is 55.7 Å². The maximum Gasteiger partial charge on any atom is 0.241 e. The van der Waals surface area contributed by atoms with Crippen LogP contribution in [0.15, 0.2) is 140 Å². The van der Waals surface area contributed by atoms with E-state index >= 15 is 0 Å². The summed E-state index contributed by atoms with van der Waals surface area (Å²) in [6, 6.07) is 44.7. The summed E-state index contributed by atoms with van der Waals surface area (Å²) in [5.74, 6) is 4.27. The second kappa shape index (κ2) is 12.9. The number of aromatic nitrogens is 9. The van der Waals surface area contributed by atoms with E-state index in [2.05, 4.69) is 46.3 Å². The maximum absolute atomic E-state index is 5.09. The van der Waals surface area contributed by atoms with Crippen molar-refractivity contribution in [3.63, 3.8) is 0 Å². The molecule has 0 fully saturated rings. The molecule has 0 amide bonds. The number of hydrogen-bond acceptors (Lipinski definition) is 7. The van der Waals surface area contributed by atoms with Crippen LogP contribution in [0.4, 0.5) is 0 Å². The van der Waals surface area contributed by atoms with Crippen molar-refractivity contribution in [2.75, 3.05) is 0 Å². The lowest BCUT2D eigenvalue weighted by atomic mass is 10.0. The first-order valence-electron chi connectivity index (χ1n) is 17.4. The molecule has 9 aromatic rings. The molecule has 0 saturated carbocycles. The Kier molecular flexibility index (Phi) is 7.74. The Hall–Kier alpha value is -7.13. The zero-order valence-electron chi connectivity index (χ0n) is 29.4. The minimum absolute atomic E-state index is 0.477.